The molecule has 1 N–H and O–H groups in total. The molecule has 0 unspecified atom stereocenters. The molecule has 4 aromatic rings. The summed E-state index contributed by atoms with van der Waals surface area (Å²) in [6, 6.07) is 18.2. The lowest BCUT2D eigenvalue weighted by molar-refractivity contribution is -0.111. The average Bonchev–Trinajstić information content (AvgIpc) is 3.31. The van der Waals surface area contributed by atoms with Crippen LogP contribution in [0.4, 0.5) is 5.69 Å². The van der Waals surface area contributed by atoms with Gasteiger partial charge in [0.2, 0.25) is 5.91 Å². The topological polar surface area (TPSA) is 87.0 Å². The summed E-state index contributed by atoms with van der Waals surface area (Å²) < 4.78 is 22.0. The lowest BCUT2D eigenvalue weighted by Crippen LogP contribution is -2.09. The Balaban J connectivity index is 1.63. The Bertz CT molecular complexity index is 1430. The standard InChI is InChI=1S/C30H29NO6/c1-5-35-23-13-9-20(10-14-23)26-18-37-28-17-27(36-6-2)24(16-25(26)28)19(3)15-29(32)31-22-11-7-21(8-12-22)30(33)34-4/h7-18H,5-6H2,1-4H3,(H,31,32)/b19-15+. The van der Waals surface area contributed by atoms with Crippen molar-refractivity contribution >= 4 is 34.1 Å². The number of methoxy groups -OCH3 is 1. The number of carbonyl (C=O) groups excluding carboxylic acids is 2. The third-order valence-electron chi connectivity index (χ3n) is 5.80. The maximum atomic E-state index is 12.8. The minimum absolute atomic E-state index is 0.301. The number of furan rings is 1. The van der Waals surface area contributed by atoms with Gasteiger partial charge in [-0.05, 0) is 74.4 Å². The van der Waals surface area contributed by atoms with Crippen LogP contribution in [-0.4, -0.2) is 32.2 Å². The lowest BCUT2D eigenvalue weighted by atomic mass is 9.99. The fourth-order valence-corrected chi connectivity index (χ4v) is 4.02. The Morgan fingerprint density at radius 1 is 0.946 bits per heavy atom. The number of nitrogens with one attached hydrogen (secondary N) is 1. The maximum Gasteiger partial charge on any atom is 0.337 e. The predicted octanol–water partition coefficient (Wildman–Crippen LogP) is 6.73. The Morgan fingerprint density at radius 2 is 1.65 bits per heavy atom. The molecule has 0 fully saturated rings. The summed E-state index contributed by atoms with van der Waals surface area (Å²) in [6.45, 7) is 6.80. The molecule has 190 valence electrons. The van der Waals surface area contributed by atoms with E-state index in [1.165, 1.54) is 13.2 Å². The summed E-state index contributed by atoms with van der Waals surface area (Å²) in [6.07, 6.45) is 3.25. The Hall–Kier alpha value is -4.52. The number of esters is 1. The van der Waals surface area contributed by atoms with Crippen molar-refractivity contribution in [1.82, 2.24) is 0 Å². The second kappa shape index (κ2) is 11.5. The largest absolute Gasteiger partial charge is 0.494 e. The molecule has 0 aliphatic carbocycles. The van der Waals surface area contributed by atoms with E-state index >= 15 is 0 Å². The van der Waals surface area contributed by atoms with Gasteiger partial charge >= 0.3 is 5.97 Å². The molecule has 0 aliphatic heterocycles. The maximum absolute atomic E-state index is 12.8. The lowest BCUT2D eigenvalue weighted by Gasteiger charge is -2.12. The molecule has 1 aromatic heterocycles. The van der Waals surface area contributed by atoms with E-state index in [0.717, 1.165) is 33.4 Å². The Kier molecular flexibility index (Phi) is 7.93. The predicted molar refractivity (Wildman–Crippen MR) is 144 cm³/mol. The van der Waals surface area contributed by atoms with Gasteiger partial charge in [0.1, 0.15) is 17.1 Å². The highest BCUT2D eigenvalue weighted by Gasteiger charge is 2.16. The molecule has 3 aromatic carbocycles. The van der Waals surface area contributed by atoms with E-state index in [0.29, 0.717) is 35.8 Å². The normalized spacial score (nSPS) is 11.3. The van der Waals surface area contributed by atoms with Crippen molar-refractivity contribution in [3.63, 3.8) is 0 Å². The van der Waals surface area contributed by atoms with Crippen molar-refractivity contribution in [2.75, 3.05) is 25.6 Å². The molecule has 7 nitrogen and oxygen atoms in total. The van der Waals surface area contributed by atoms with Gasteiger partial charge in [0.05, 0.1) is 32.2 Å². The first kappa shape index (κ1) is 25.6. The number of ether oxygens (including phenoxy) is 3. The number of benzene rings is 3. The van der Waals surface area contributed by atoms with E-state index in [2.05, 4.69) is 5.32 Å². The zero-order valence-electron chi connectivity index (χ0n) is 21.3. The van der Waals surface area contributed by atoms with Crippen molar-refractivity contribution in [1.29, 1.82) is 0 Å². The number of amides is 1. The first-order valence-electron chi connectivity index (χ1n) is 12.0. The van der Waals surface area contributed by atoms with Gasteiger partial charge in [-0.2, -0.15) is 0 Å². The van der Waals surface area contributed by atoms with Gasteiger partial charge in [-0.1, -0.05) is 12.1 Å². The van der Waals surface area contributed by atoms with Crippen LogP contribution in [0.3, 0.4) is 0 Å². The minimum atomic E-state index is -0.434. The first-order chi connectivity index (χ1) is 17.9. The molecule has 0 atom stereocenters. The van der Waals surface area contributed by atoms with Gasteiger partial charge in [0.25, 0.3) is 0 Å². The minimum Gasteiger partial charge on any atom is -0.494 e. The van der Waals surface area contributed by atoms with E-state index in [-0.39, 0.29) is 5.91 Å². The number of fused-ring (bicyclic) bond motifs is 1. The van der Waals surface area contributed by atoms with Crippen LogP contribution in [0.15, 0.2) is 77.4 Å². The van der Waals surface area contributed by atoms with Crippen molar-refractivity contribution < 1.29 is 28.2 Å². The number of allylic oxidation sites excluding steroid dienone is 1. The van der Waals surface area contributed by atoms with Crippen LogP contribution in [0, 0.1) is 0 Å². The van der Waals surface area contributed by atoms with E-state index < -0.39 is 5.97 Å². The van der Waals surface area contributed by atoms with E-state index in [1.807, 2.05) is 57.2 Å². The van der Waals surface area contributed by atoms with Gasteiger partial charge in [-0.3, -0.25) is 4.79 Å². The number of anilines is 1. The second-order valence-corrected chi connectivity index (χ2v) is 8.27. The fourth-order valence-electron chi connectivity index (χ4n) is 4.02. The van der Waals surface area contributed by atoms with Gasteiger partial charge < -0.3 is 23.9 Å². The van der Waals surface area contributed by atoms with Gasteiger partial charge in [-0.25, -0.2) is 4.79 Å². The molecule has 0 saturated carbocycles. The molecule has 0 spiro atoms. The smallest absolute Gasteiger partial charge is 0.337 e. The highest BCUT2D eigenvalue weighted by Crippen LogP contribution is 2.38. The van der Waals surface area contributed by atoms with E-state index in [1.54, 1.807) is 30.5 Å². The molecule has 0 bridgehead atoms. The quantitative estimate of drug-likeness (QED) is 0.203. The summed E-state index contributed by atoms with van der Waals surface area (Å²) in [7, 11) is 1.32. The van der Waals surface area contributed by atoms with Gasteiger partial charge in [0, 0.05) is 34.3 Å². The summed E-state index contributed by atoms with van der Waals surface area (Å²) >= 11 is 0. The molecular weight excluding hydrogens is 470 g/mol. The zero-order chi connectivity index (χ0) is 26.4. The SMILES string of the molecule is CCOc1ccc(-c2coc3cc(OCC)c(/C(C)=C/C(=O)Nc4ccc(C(=O)OC)cc4)cc23)cc1. The van der Waals surface area contributed by atoms with Crippen LogP contribution in [-0.2, 0) is 9.53 Å². The van der Waals surface area contributed by atoms with Crippen LogP contribution in [0.5, 0.6) is 11.5 Å². The van der Waals surface area contributed by atoms with Crippen LogP contribution < -0.4 is 14.8 Å². The highest BCUT2D eigenvalue weighted by atomic mass is 16.5. The number of rotatable bonds is 9. The molecule has 0 aliphatic rings. The molecule has 0 radical (unpaired) electrons. The summed E-state index contributed by atoms with van der Waals surface area (Å²) in [5, 5.41) is 3.74. The molecular formula is C30H29NO6. The number of hydrogen-bond acceptors (Lipinski definition) is 6. The van der Waals surface area contributed by atoms with Crippen molar-refractivity contribution in [3.8, 4) is 22.6 Å². The summed E-state index contributed by atoms with van der Waals surface area (Å²) in [5.74, 6) is 0.704. The van der Waals surface area contributed by atoms with Crippen molar-refractivity contribution in [2.24, 2.45) is 0 Å². The van der Waals surface area contributed by atoms with Crippen LogP contribution in [0.2, 0.25) is 0 Å². The zero-order valence-corrected chi connectivity index (χ0v) is 21.3. The van der Waals surface area contributed by atoms with Gasteiger partial charge in [-0.15, -0.1) is 0 Å². The molecule has 1 amide bonds. The average molecular weight is 500 g/mol. The fraction of sp³-hybridized carbons (Fsp3) is 0.200. The van der Waals surface area contributed by atoms with E-state index in [9.17, 15) is 9.59 Å². The molecule has 1 heterocycles. The summed E-state index contributed by atoms with van der Waals surface area (Å²) in [4.78, 5) is 24.4. The number of hydrogen-bond donors (Lipinski definition) is 1. The Labute approximate surface area is 215 Å². The molecule has 37 heavy (non-hydrogen) atoms. The van der Waals surface area contributed by atoms with Crippen molar-refractivity contribution in [3.05, 3.63) is 84.1 Å². The molecule has 0 saturated heterocycles. The first-order valence-corrected chi connectivity index (χ1v) is 12.0. The molecule has 7 heteroatoms. The monoisotopic (exact) mass is 499 g/mol. The summed E-state index contributed by atoms with van der Waals surface area (Å²) in [5.41, 5.74) is 5.11. The van der Waals surface area contributed by atoms with E-state index in [4.69, 9.17) is 18.6 Å². The van der Waals surface area contributed by atoms with Gasteiger partial charge in [0.15, 0.2) is 0 Å². The third kappa shape index (κ3) is 5.83. The Morgan fingerprint density at radius 3 is 2.30 bits per heavy atom. The molecule has 4 rings (SSSR count). The third-order valence-corrected chi connectivity index (χ3v) is 5.80. The van der Waals surface area contributed by atoms with Crippen LogP contribution >= 0.6 is 0 Å². The van der Waals surface area contributed by atoms with Crippen LogP contribution in [0.1, 0.15) is 36.7 Å². The van der Waals surface area contributed by atoms with Crippen molar-refractivity contribution in [2.45, 2.75) is 20.8 Å². The second-order valence-electron chi connectivity index (χ2n) is 8.27. The van der Waals surface area contributed by atoms with Crippen LogP contribution in [0.25, 0.3) is 27.7 Å². The highest BCUT2D eigenvalue weighted by molar-refractivity contribution is 6.05. The number of carbonyl (C=O) groups is 2.